The van der Waals surface area contributed by atoms with E-state index in [2.05, 4.69) is 12.1 Å². The molecule has 17 heavy (non-hydrogen) atoms. The molecule has 0 bridgehead atoms. The van der Waals surface area contributed by atoms with Crippen molar-refractivity contribution in [3.05, 3.63) is 47.0 Å². The second kappa shape index (κ2) is 6.24. The van der Waals surface area contributed by atoms with Gasteiger partial charge in [-0.15, -0.1) is 0 Å². The average Bonchev–Trinajstić information content (AvgIpc) is 2.36. The molecule has 2 heteroatoms. The minimum absolute atomic E-state index is 0.123. The van der Waals surface area contributed by atoms with Crippen LogP contribution in [0.3, 0.4) is 0 Å². The topological polar surface area (TPSA) is 20.3 Å². The van der Waals surface area contributed by atoms with E-state index in [1.165, 1.54) is 0 Å². The van der Waals surface area contributed by atoms with Crippen molar-refractivity contribution in [3.8, 4) is 0 Å². The van der Waals surface area contributed by atoms with Gasteiger partial charge in [0.2, 0.25) is 0 Å². The van der Waals surface area contributed by atoms with Gasteiger partial charge in [0.1, 0.15) is 0 Å². The summed E-state index contributed by atoms with van der Waals surface area (Å²) in [7, 11) is 1.84. The minimum Gasteiger partial charge on any atom is -0.338 e. The number of aryl methyl sites for hydroxylation is 1. The van der Waals surface area contributed by atoms with Crippen LogP contribution in [0.15, 0.2) is 30.4 Å². The van der Waals surface area contributed by atoms with E-state index in [9.17, 15) is 4.79 Å². The number of hydrogen-bond donors (Lipinski definition) is 0. The van der Waals surface area contributed by atoms with E-state index in [1.54, 1.807) is 4.90 Å². The smallest absolute Gasteiger partial charge is 0.254 e. The second-order valence-electron chi connectivity index (χ2n) is 4.02. The largest absolute Gasteiger partial charge is 0.338 e. The summed E-state index contributed by atoms with van der Waals surface area (Å²) in [6.45, 7) is 6.72. The third-order valence-corrected chi connectivity index (χ3v) is 2.73. The summed E-state index contributed by atoms with van der Waals surface area (Å²) in [5.41, 5.74) is 3.11. The van der Waals surface area contributed by atoms with Crippen molar-refractivity contribution in [1.82, 2.24) is 4.90 Å². The molecular weight excluding hydrogens is 210 g/mol. The van der Waals surface area contributed by atoms with E-state index >= 15 is 0 Å². The van der Waals surface area contributed by atoms with Gasteiger partial charge in [-0.05, 0) is 25.0 Å². The van der Waals surface area contributed by atoms with Gasteiger partial charge in [0.15, 0.2) is 0 Å². The standard InChI is InChI=1S/C13H15NO.C2H6/c1-10-6-7-11-5-3-4-8-14(2)13(15)12(11)9-10;1-2/h3-4,6-7,9H,5,8H2,1-2H3;1-2H3/b4-3-;. The fourth-order valence-corrected chi connectivity index (χ4v) is 1.80. The Bertz CT molecular complexity index is 421. The van der Waals surface area contributed by atoms with Crippen LogP contribution in [0.25, 0.3) is 0 Å². The summed E-state index contributed by atoms with van der Waals surface area (Å²) in [4.78, 5) is 13.8. The SMILES string of the molecule is CC.Cc1ccc2c(c1)C(=O)N(C)C/C=C\C2. The molecule has 2 nitrogen and oxygen atoms in total. The van der Waals surface area contributed by atoms with Crippen LogP contribution in [0.5, 0.6) is 0 Å². The number of likely N-dealkylation sites (N-methyl/N-ethyl adjacent to an activating group) is 1. The molecule has 0 unspecified atom stereocenters. The maximum atomic E-state index is 12.0. The summed E-state index contributed by atoms with van der Waals surface area (Å²) in [6.07, 6.45) is 5.02. The van der Waals surface area contributed by atoms with E-state index in [0.29, 0.717) is 6.54 Å². The van der Waals surface area contributed by atoms with Crippen LogP contribution in [0.1, 0.15) is 35.3 Å². The van der Waals surface area contributed by atoms with Crippen molar-refractivity contribution in [2.24, 2.45) is 0 Å². The Morgan fingerprint density at radius 1 is 1.18 bits per heavy atom. The molecule has 0 N–H and O–H groups in total. The summed E-state index contributed by atoms with van der Waals surface area (Å²) in [5, 5.41) is 0. The van der Waals surface area contributed by atoms with Crippen LogP contribution in [0, 0.1) is 6.92 Å². The highest BCUT2D eigenvalue weighted by atomic mass is 16.2. The second-order valence-corrected chi connectivity index (χ2v) is 4.02. The number of fused-ring (bicyclic) bond motifs is 1. The predicted molar refractivity (Wildman–Crippen MR) is 72.3 cm³/mol. The van der Waals surface area contributed by atoms with Crippen LogP contribution in [-0.4, -0.2) is 24.4 Å². The first kappa shape index (κ1) is 13.5. The molecule has 0 saturated heterocycles. The summed E-state index contributed by atoms with van der Waals surface area (Å²) in [5.74, 6) is 0.123. The average molecular weight is 231 g/mol. The van der Waals surface area contributed by atoms with Crippen LogP contribution < -0.4 is 0 Å². The van der Waals surface area contributed by atoms with E-state index < -0.39 is 0 Å². The molecule has 1 amide bonds. The predicted octanol–water partition coefficient (Wildman–Crippen LogP) is 3.21. The fourth-order valence-electron chi connectivity index (χ4n) is 1.80. The minimum atomic E-state index is 0.123. The van der Waals surface area contributed by atoms with Gasteiger partial charge in [0, 0.05) is 19.2 Å². The third kappa shape index (κ3) is 3.19. The zero-order valence-corrected chi connectivity index (χ0v) is 11.2. The molecule has 1 aliphatic heterocycles. The monoisotopic (exact) mass is 231 g/mol. The van der Waals surface area contributed by atoms with Gasteiger partial charge in [0.05, 0.1) is 0 Å². The van der Waals surface area contributed by atoms with Gasteiger partial charge in [-0.3, -0.25) is 4.79 Å². The Labute approximate surface area is 104 Å². The number of amides is 1. The normalized spacial score (nSPS) is 16.2. The molecule has 92 valence electrons. The first-order valence-electron chi connectivity index (χ1n) is 6.18. The van der Waals surface area contributed by atoms with Gasteiger partial charge in [-0.25, -0.2) is 0 Å². The van der Waals surface area contributed by atoms with Crippen molar-refractivity contribution >= 4 is 5.91 Å². The van der Waals surface area contributed by atoms with Crippen molar-refractivity contribution < 1.29 is 4.79 Å². The molecule has 0 saturated carbocycles. The Morgan fingerprint density at radius 3 is 2.59 bits per heavy atom. The molecule has 1 heterocycles. The molecule has 0 fully saturated rings. The highest BCUT2D eigenvalue weighted by Gasteiger charge is 2.15. The molecule has 0 spiro atoms. The van der Waals surface area contributed by atoms with E-state index in [1.807, 2.05) is 46.0 Å². The fraction of sp³-hybridized carbons (Fsp3) is 0.400. The van der Waals surface area contributed by atoms with Crippen LogP contribution in [0.2, 0.25) is 0 Å². The molecule has 0 aliphatic carbocycles. The molecule has 1 aliphatic rings. The molecule has 1 aromatic carbocycles. The molecular formula is C15H21NO. The van der Waals surface area contributed by atoms with Crippen LogP contribution in [-0.2, 0) is 6.42 Å². The molecule has 1 aromatic rings. The van der Waals surface area contributed by atoms with Gasteiger partial charge < -0.3 is 4.90 Å². The zero-order chi connectivity index (χ0) is 12.8. The lowest BCUT2D eigenvalue weighted by atomic mass is 9.99. The number of nitrogens with zero attached hydrogens (tertiary/aromatic N) is 1. The first-order valence-corrected chi connectivity index (χ1v) is 6.18. The highest BCUT2D eigenvalue weighted by Crippen LogP contribution is 2.16. The number of allylic oxidation sites excluding steroid dienone is 1. The van der Waals surface area contributed by atoms with Gasteiger partial charge in [0.25, 0.3) is 5.91 Å². The van der Waals surface area contributed by atoms with Gasteiger partial charge in [-0.1, -0.05) is 43.7 Å². The number of hydrogen-bond acceptors (Lipinski definition) is 1. The number of carbonyl (C=O) groups excluding carboxylic acids is 1. The van der Waals surface area contributed by atoms with Crippen LogP contribution >= 0.6 is 0 Å². The van der Waals surface area contributed by atoms with Crippen molar-refractivity contribution in [1.29, 1.82) is 0 Å². The quantitative estimate of drug-likeness (QED) is 0.628. The maximum absolute atomic E-state index is 12.0. The molecule has 0 radical (unpaired) electrons. The molecule has 0 atom stereocenters. The Kier molecular flexibility index (Phi) is 4.95. The number of rotatable bonds is 0. The Balaban J connectivity index is 0.000000686. The lowest BCUT2D eigenvalue weighted by Gasteiger charge is -2.19. The van der Waals surface area contributed by atoms with Crippen LogP contribution in [0.4, 0.5) is 0 Å². The Hall–Kier alpha value is -1.57. The number of benzene rings is 1. The van der Waals surface area contributed by atoms with Crippen molar-refractivity contribution in [2.75, 3.05) is 13.6 Å². The Morgan fingerprint density at radius 2 is 1.88 bits per heavy atom. The summed E-state index contributed by atoms with van der Waals surface area (Å²) >= 11 is 0. The zero-order valence-electron chi connectivity index (χ0n) is 11.2. The lowest BCUT2D eigenvalue weighted by Crippen LogP contribution is -2.28. The van der Waals surface area contributed by atoms with Gasteiger partial charge >= 0.3 is 0 Å². The van der Waals surface area contributed by atoms with E-state index in [4.69, 9.17) is 0 Å². The highest BCUT2D eigenvalue weighted by molar-refractivity contribution is 5.96. The number of carbonyl (C=O) groups is 1. The maximum Gasteiger partial charge on any atom is 0.254 e. The van der Waals surface area contributed by atoms with E-state index in [0.717, 1.165) is 23.1 Å². The van der Waals surface area contributed by atoms with Crippen molar-refractivity contribution in [3.63, 3.8) is 0 Å². The molecule has 0 aromatic heterocycles. The first-order chi connectivity index (χ1) is 8.18. The van der Waals surface area contributed by atoms with Crippen molar-refractivity contribution in [2.45, 2.75) is 27.2 Å². The molecule has 2 rings (SSSR count). The van der Waals surface area contributed by atoms with Gasteiger partial charge in [-0.2, -0.15) is 0 Å². The summed E-state index contributed by atoms with van der Waals surface area (Å²) in [6, 6.07) is 6.08. The third-order valence-electron chi connectivity index (χ3n) is 2.73. The lowest BCUT2D eigenvalue weighted by molar-refractivity contribution is 0.0808. The van der Waals surface area contributed by atoms with E-state index in [-0.39, 0.29) is 5.91 Å². The summed E-state index contributed by atoms with van der Waals surface area (Å²) < 4.78 is 0.